The molecule has 4 heteroatoms. The largest absolute Gasteiger partial charge is 0.330 e. The van der Waals surface area contributed by atoms with E-state index in [0.29, 0.717) is 19.3 Å². The lowest BCUT2D eigenvalue weighted by Gasteiger charge is -2.23. The third kappa shape index (κ3) is 11.6. The Hall–Kier alpha value is -0.350. The van der Waals surface area contributed by atoms with E-state index in [9.17, 15) is 9.59 Å². The number of ketones is 1. The molecule has 0 heterocycles. The highest BCUT2D eigenvalue weighted by atomic mass is 32.2. The average Bonchev–Trinajstić information content (AvgIpc) is 2.00. The maximum atomic E-state index is 11.4. The molecule has 0 aromatic heterocycles. The maximum Gasteiger partial charge on any atom is 0.189 e. The third-order valence-electron chi connectivity index (χ3n) is 1.93. The fourth-order valence-corrected chi connectivity index (χ4v) is 2.14. The molecule has 0 spiro atoms. The summed E-state index contributed by atoms with van der Waals surface area (Å²) in [6.07, 6.45) is 1.76. The van der Waals surface area contributed by atoms with E-state index in [2.05, 4.69) is 21.1 Å². The number of nitrogens with zero attached hydrogens (tertiary/aromatic N) is 1. The van der Waals surface area contributed by atoms with Crippen LogP contribution >= 0.6 is 11.8 Å². The van der Waals surface area contributed by atoms with Crippen LogP contribution in [0.4, 0.5) is 0 Å². The van der Waals surface area contributed by atoms with Gasteiger partial charge in [-0.1, -0.05) is 11.8 Å². The maximum absolute atomic E-state index is 11.4. The van der Waals surface area contributed by atoms with Gasteiger partial charge >= 0.3 is 0 Å². The smallest absolute Gasteiger partial charge is 0.189 e. The Kier molecular flexibility index (Phi) is 6.85. The SMILES string of the molecule is CC(=O)CCCC(=O)SCC[N+](C)(C)C. The zero-order valence-electron chi connectivity index (χ0n) is 10.2. The summed E-state index contributed by atoms with van der Waals surface area (Å²) in [4.78, 5) is 22.0. The summed E-state index contributed by atoms with van der Waals surface area (Å²) < 4.78 is 0.883. The number of carbonyl (C=O) groups excluding carboxylic acids is 2. The van der Waals surface area contributed by atoms with E-state index in [1.54, 1.807) is 6.92 Å². The van der Waals surface area contributed by atoms with Gasteiger partial charge in [-0.3, -0.25) is 4.79 Å². The van der Waals surface area contributed by atoms with Crippen LogP contribution in [0.1, 0.15) is 26.2 Å². The van der Waals surface area contributed by atoms with Gasteiger partial charge in [0, 0.05) is 12.8 Å². The molecule has 0 aliphatic carbocycles. The lowest BCUT2D eigenvalue weighted by Crippen LogP contribution is -2.36. The summed E-state index contributed by atoms with van der Waals surface area (Å²) in [5.41, 5.74) is 0. The van der Waals surface area contributed by atoms with Crippen molar-refractivity contribution in [1.29, 1.82) is 0 Å². The van der Waals surface area contributed by atoms with E-state index in [1.807, 2.05) is 0 Å². The minimum atomic E-state index is 0.166. The highest BCUT2D eigenvalue weighted by Crippen LogP contribution is 2.10. The monoisotopic (exact) mass is 232 g/mol. The van der Waals surface area contributed by atoms with Gasteiger partial charge in [-0.2, -0.15) is 0 Å². The molecule has 0 bridgehead atoms. The summed E-state index contributed by atoms with van der Waals surface area (Å²) >= 11 is 1.39. The normalized spacial score (nSPS) is 11.5. The van der Waals surface area contributed by atoms with E-state index in [4.69, 9.17) is 0 Å². The van der Waals surface area contributed by atoms with Gasteiger partial charge in [-0.05, 0) is 13.3 Å². The summed E-state index contributed by atoms with van der Waals surface area (Å²) in [6, 6.07) is 0. The van der Waals surface area contributed by atoms with Crippen molar-refractivity contribution in [1.82, 2.24) is 0 Å². The van der Waals surface area contributed by atoms with Gasteiger partial charge in [-0.25, -0.2) is 0 Å². The molecule has 0 unspecified atom stereocenters. The molecular formula is C11H22NO2S+. The Morgan fingerprint density at radius 1 is 1.13 bits per heavy atom. The van der Waals surface area contributed by atoms with Crippen LogP contribution in [0.2, 0.25) is 0 Å². The van der Waals surface area contributed by atoms with E-state index < -0.39 is 0 Å². The van der Waals surface area contributed by atoms with Crippen LogP contribution in [0.15, 0.2) is 0 Å². The van der Waals surface area contributed by atoms with Gasteiger partial charge in [-0.15, -0.1) is 0 Å². The van der Waals surface area contributed by atoms with Gasteiger partial charge in [0.1, 0.15) is 5.78 Å². The molecule has 0 N–H and O–H groups in total. The predicted molar refractivity (Wildman–Crippen MR) is 64.9 cm³/mol. The minimum absolute atomic E-state index is 0.166. The van der Waals surface area contributed by atoms with Crippen LogP contribution in [-0.4, -0.2) is 48.8 Å². The molecule has 0 rings (SSSR count). The standard InChI is InChI=1S/C11H22NO2S/c1-10(13)6-5-7-11(14)15-9-8-12(2,3)4/h5-9H2,1-4H3/q+1. The summed E-state index contributed by atoms with van der Waals surface area (Å²) in [7, 11) is 6.34. The van der Waals surface area contributed by atoms with Crippen LogP contribution in [-0.2, 0) is 9.59 Å². The first-order valence-corrected chi connectivity index (χ1v) is 6.25. The molecule has 0 aliphatic heterocycles. The van der Waals surface area contributed by atoms with E-state index in [-0.39, 0.29) is 10.9 Å². The van der Waals surface area contributed by atoms with Crippen LogP contribution in [0, 0.1) is 0 Å². The number of quaternary nitrogens is 1. The van der Waals surface area contributed by atoms with Gasteiger partial charge in [0.15, 0.2) is 5.12 Å². The Labute approximate surface area is 96.8 Å². The van der Waals surface area contributed by atoms with E-state index in [0.717, 1.165) is 16.8 Å². The predicted octanol–water partition coefficient (Wildman–Crippen LogP) is 1.71. The molecule has 0 radical (unpaired) electrons. The van der Waals surface area contributed by atoms with Crippen LogP contribution in [0.5, 0.6) is 0 Å². The van der Waals surface area contributed by atoms with E-state index in [1.165, 1.54) is 11.8 Å². The van der Waals surface area contributed by atoms with Crippen molar-refractivity contribution in [2.24, 2.45) is 0 Å². The van der Waals surface area contributed by atoms with Crippen molar-refractivity contribution >= 4 is 22.7 Å². The molecule has 88 valence electrons. The van der Waals surface area contributed by atoms with Crippen molar-refractivity contribution in [3.8, 4) is 0 Å². The van der Waals surface area contributed by atoms with Crippen LogP contribution in [0.25, 0.3) is 0 Å². The van der Waals surface area contributed by atoms with Crippen molar-refractivity contribution < 1.29 is 14.1 Å². The molecule has 0 aromatic rings. The Morgan fingerprint density at radius 2 is 1.73 bits per heavy atom. The fraction of sp³-hybridized carbons (Fsp3) is 0.818. The number of hydrogen-bond acceptors (Lipinski definition) is 3. The molecule has 0 amide bonds. The Balaban J connectivity index is 3.46. The molecule has 0 atom stereocenters. The molecule has 0 aromatic carbocycles. The van der Waals surface area contributed by atoms with Gasteiger partial charge in [0.05, 0.1) is 33.4 Å². The molecule has 0 aliphatic rings. The van der Waals surface area contributed by atoms with Gasteiger partial charge < -0.3 is 9.28 Å². The second-order valence-corrected chi connectivity index (χ2v) is 5.94. The first kappa shape index (κ1) is 14.6. The van der Waals surface area contributed by atoms with Crippen LogP contribution < -0.4 is 0 Å². The Morgan fingerprint density at radius 3 is 2.20 bits per heavy atom. The van der Waals surface area contributed by atoms with Crippen molar-refractivity contribution in [2.75, 3.05) is 33.4 Å². The molecule has 0 fully saturated rings. The van der Waals surface area contributed by atoms with Gasteiger partial charge in [0.25, 0.3) is 0 Å². The van der Waals surface area contributed by atoms with E-state index >= 15 is 0 Å². The summed E-state index contributed by atoms with van der Waals surface area (Å²) in [6.45, 7) is 2.55. The van der Waals surface area contributed by atoms with Crippen molar-refractivity contribution in [2.45, 2.75) is 26.2 Å². The van der Waals surface area contributed by atoms with Gasteiger partial charge in [0.2, 0.25) is 0 Å². The lowest BCUT2D eigenvalue weighted by atomic mass is 10.2. The first-order valence-electron chi connectivity index (χ1n) is 5.27. The average molecular weight is 232 g/mol. The molecule has 0 saturated carbocycles. The summed E-state index contributed by atoms with van der Waals surface area (Å²) in [5, 5.41) is 0.213. The number of Topliss-reactive ketones (excluding diaryl/α,β-unsaturated/α-hetero) is 1. The second kappa shape index (κ2) is 7.01. The first-order chi connectivity index (χ1) is 6.81. The summed E-state index contributed by atoms with van der Waals surface area (Å²) in [5.74, 6) is 1.03. The van der Waals surface area contributed by atoms with Crippen molar-refractivity contribution in [3.05, 3.63) is 0 Å². The number of thioether (sulfide) groups is 1. The van der Waals surface area contributed by atoms with Crippen LogP contribution in [0.3, 0.4) is 0 Å². The zero-order chi connectivity index (χ0) is 11.9. The lowest BCUT2D eigenvalue weighted by molar-refractivity contribution is -0.867. The number of carbonyl (C=O) groups is 2. The number of hydrogen-bond donors (Lipinski definition) is 0. The fourth-order valence-electron chi connectivity index (χ4n) is 0.987. The molecular weight excluding hydrogens is 210 g/mol. The highest BCUT2D eigenvalue weighted by molar-refractivity contribution is 8.13. The molecule has 15 heavy (non-hydrogen) atoms. The zero-order valence-corrected chi connectivity index (χ0v) is 11.0. The third-order valence-corrected chi connectivity index (χ3v) is 2.85. The Bertz CT molecular complexity index is 221. The molecule has 3 nitrogen and oxygen atoms in total. The topological polar surface area (TPSA) is 34.1 Å². The highest BCUT2D eigenvalue weighted by Gasteiger charge is 2.09. The molecule has 0 saturated heterocycles. The number of rotatable bonds is 7. The van der Waals surface area contributed by atoms with Crippen molar-refractivity contribution in [3.63, 3.8) is 0 Å². The quantitative estimate of drug-likeness (QED) is 0.627. The second-order valence-electron chi connectivity index (χ2n) is 4.79. The minimum Gasteiger partial charge on any atom is -0.330 e.